The molecule has 0 saturated heterocycles. The maximum Gasteiger partial charge on any atom is 0.0676 e. The molecule has 1 aliphatic carbocycles. The summed E-state index contributed by atoms with van der Waals surface area (Å²) in [7, 11) is 0. The quantitative estimate of drug-likeness (QED) is 0.674. The van der Waals surface area contributed by atoms with E-state index in [1.165, 1.54) is 38.5 Å². The third-order valence-electron chi connectivity index (χ3n) is 3.03. The molecule has 1 rings (SSSR count). The molecule has 14 heavy (non-hydrogen) atoms. The first-order valence-corrected chi connectivity index (χ1v) is 5.81. The molecule has 80 valence electrons. The minimum absolute atomic E-state index is 0.114. The van der Waals surface area contributed by atoms with Crippen LogP contribution in [-0.4, -0.2) is 12.7 Å². The van der Waals surface area contributed by atoms with Gasteiger partial charge in [-0.3, -0.25) is 0 Å². The second-order valence-corrected chi connectivity index (χ2v) is 4.34. The zero-order valence-electron chi connectivity index (χ0n) is 9.17. The minimum Gasteiger partial charge on any atom is -0.377 e. The Balaban J connectivity index is 2.00. The van der Waals surface area contributed by atoms with Crippen LogP contribution in [0.4, 0.5) is 0 Å². The third kappa shape index (κ3) is 4.62. The van der Waals surface area contributed by atoms with Gasteiger partial charge < -0.3 is 4.74 Å². The predicted molar refractivity (Wildman–Crippen MR) is 56.8 cm³/mol. The van der Waals surface area contributed by atoms with Gasteiger partial charge in [-0.2, -0.15) is 5.26 Å². The summed E-state index contributed by atoms with van der Waals surface area (Å²) in [5.74, 6) is 0.887. The van der Waals surface area contributed by atoms with Crippen molar-refractivity contribution in [1.82, 2.24) is 0 Å². The SMILES string of the molecule is CC(CC#N)OCCC1CCCCC1. The standard InChI is InChI=1S/C12H21NO/c1-11(7-9-13)14-10-8-12-5-3-2-4-6-12/h11-12H,2-8,10H2,1H3. The zero-order chi connectivity index (χ0) is 10.2. The van der Waals surface area contributed by atoms with E-state index >= 15 is 0 Å². The topological polar surface area (TPSA) is 33.0 Å². The summed E-state index contributed by atoms with van der Waals surface area (Å²) in [4.78, 5) is 0. The van der Waals surface area contributed by atoms with Crippen LogP contribution in [-0.2, 0) is 4.74 Å². The van der Waals surface area contributed by atoms with Crippen molar-refractivity contribution in [2.75, 3.05) is 6.61 Å². The van der Waals surface area contributed by atoms with Crippen molar-refractivity contribution in [2.45, 2.75) is 58.0 Å². The average Bonchev–Trinajstić information content (AvgIpc) is 2.20. The number of hydrogen-bond acceptors (Lipinski definition) is 2. The maximum atomic E-state index is 8.45. The van der Waals surface area contributed by atoms with Crippen molar-refractivity contribution in [3.63, 3.8) is 0 Å². The molecular weight excluding hydrogens is 174 g/mol. The molecule has 0 radical (unpaired) electrons. The fourth-order valence-corrected chi connectivity index (χ4v) is 2.10. The second kappa shape index (κ2) is 6.84. The predicted octanol–water partition coefficient (Wildman–Crippen LogP) is 3.28. The highest BCUT2D eigenvalue weighted by Gasteiger charge is 2.13. The van der Waals surface area contributed by atoms with E-state index in [4.69, 9.17) is 10.00 Å². The van der Waals surface area contributed by atoms with Gasteiger partial charge in [-0.05, 0) is 19.3 Å². The Morgan fingerprint density at radius 1 is 1.36 bits per heavy atom. The third-order valence-corrected chi connectivity index (χ3v) is 3.03. The van der Waals surface area contributed by atoms with Crippen LogP contribution in [0.15, 0.2) is 0 Å². The van der Waals surface area contributed by atoms with Crippen LogP contribution in [0.5, 0.6) is 0 Å². The molecule has 0 aromatic rings. The summed E-state index contributed by atoms with van der Waals surface area (Å²) in [6.45, 7) is 2.82. The van der Waals surface area contributed by atoms with Gasteiger partial charge in [0.1, 0.15) is 0 Å². The summed E-state index contributed by atoms with van der Waals surface area (Å²) in [5.41, 5.74) is 0. The second-order valence-electron chi connectivity index (χ2n) is 4.34. The highest BCUT2D eigenvalue weighted by atomic mass is 16.5. The lowest BCUT2D eigenvalue weighted by atomic mass is 9.87. The molecule has 1 saturated carbocycles. The van der Waals surface area contributed by atoms with E-state index in [2.05, 4.69) is 6.07 Å². The summed E-state index contributed by atoms with van der Waals surface area (Å²) >= 11 is 0. The molecule has 0 aromatic heterocycles. The van der Waals surface area contributed by atoms with Crippen LogP contribution in [0, 0.1) is 17.2 Å². The number of nitrogens with zero attached hydrogens (tertiary/aromatic N) is 1. The van der Waals surface area contributed by atoms with E-state index in [0.717, 1.165) is 12.5 Å². The van der Waals surface area contributed by atoms with Crippen molar-refractivity contribution >= 4 is 0 Å². The summed E-state index contributed by atoms with van der Waals surface area (Å²) in [6, 6.07) is 2.13. The molecule has 2 heteroatoms. The Labute approximate surface area is 87.3 Å². The normalized spacial score (nSPS) is 20.3. The van der Waals surface area contributed by atoms with E-state index in [1.54, 1.807) is 0 Å². The summed E-state index contributed by atoms with van der Waals surface area (Å²) in [6.07, 6.45) is 8.81. The average molecular weight is 195 g/mol. The largest absolute Gasteiger partial charge is 0.377 e. The molecule has 0 N–H and O–H groups in total. The number of hydrogen-bond donors (Lipinski definition) is 0. The molecule has 0 aliphatic heterocycles. The molecule has 1 atom stereocenters. The van der Waals surface area contributed by atoms with E-state index in [-0.39, 0.29) is 6.10 Å². The first-order chi connectivity index (χ1) is 6.83. The van der Waals surface area contributed by atoms with Gasteiger partial charge >= 0.3 is 0 Å². The molecule has 1 aliphatic rings. The Morgan fingerprint density at radius 2 is 2.07 bits per heavy atom. The number of rotatable bonds is 5. The summed E-state index contributed by atoms with van der Waals surface area (Å²) in [5, 5.41) is 8.45. The lowest BCUT2D eigenvalue weighted by Crippen LogP contribution is -2.13. The molecule has 0 bridgehead atoms. The van der Waals surface area contributed by atoms with Crippen molar-refractivity contribution < 1.29 is 4.74 Å². The van der Waals surface area contributed by atoms with E-state index in [0.29, 0.717) is 6.42 Å². The van der Waals surface area contributed by atoms with Crippen molar-refractivity contribution in [1.29, 1.82) is 5.26 Å². The Hall–Kier alpha value is -0.550. The van der Waals surface area contributed by atoms with Crippen molar-refractivity contribution in [3.05, 3.63) is 0 Å². The van der Waals surface area contributed by atoms with Crippen LogP contribution in [0.1, 0.15) is 51.9 Å². The lowest BCUT2D eigenvalue weighted by molar-refractivity contribution is 0.0562. The molecular formula is C12H21NO. The molecule has 2 nitrogen and oxygen atoms in total. The van der Waals surface area contributed by atoms with Gasteiger partial charge in [0.05, 0.1) is 18.6 Å². The van der Waals surface area contributed by atoms with E-state index in [1.807, 2.05) is 6.92 Å². The molecule has 0 spiro atoms. The minimum atomic E-state index is 0.114. The van der Waals surface area contributed by atoms with Gasteiger partial charge in [-0.15, -0.1) is 0 Å². The summed E-state index contributed by atoms with van der Waals surface area (Å²) < 4.78 is 5.56. The number of nitriles is 1. The Morgan fingerprint density at radius 3 is 2.71 bits per heavy atom. The van der Waals surface area contributed by atoms with Gasteiger partial charge in [-0.25, -0.2) is 0 Å². The monoisotopic (exact) mass is 195 g/mol. The Bertz CT molecular complexity index is 179. The van der Waals surface area contributed by atoms with Crippen molar-refractivity contribution in [2.24, 2.45) is 5.92 Å². The molecule has 0 amide bonds. The van der Waals surface area contributed by atoms with Gasteiger partial charge in [0.15, 0.2) is 0 Å². The first kappa shape index (κ1) is 11.5. The highest BCUT2D eigenvalue weighted by molar-refractivity contribution is 4.73. The van der Waals surface area contributed by atoms with Crippen molar-refractivity contribution in [3.8, 4) is 6.07 Å². The molecule has 0 aromatic carbocycles. The van der Waals surface area contributed by atoms with Crippen LogP contribution in [0.3, 0.4) is 0 Å². The molecule has 1 unspecified atom stereocenters. The molecule has 0 heterocycles. The van der Waals surface area contributed by atoms with E-state index < -0.39 is 0 Å². The fraction of sp³-hybridized carbons (Fsp3) is 0.917. The van der Waals surface area contributed by atoms with Crippen LogP contribution < -0.4 is 0 Å². The Kier molecular flexibility index (Phi) is 5.63. The van der Waals surface area contributed by atoms with Crippen LogP contribution in [0.25, 0.3) is 0 Å². The smallest absolute Gasteiger partial charge is 0.0676 e. The first-order valence-electron chi connectivity index (χ1n) is 5.81. The van der Waals surface area contributed by atoms with Crippen LogP contribution in [0.2, 0.25) is 0 Å². The lowest BCUT2D eigenvalue weighted by Gasteiger charge is -2.21. The number of ether oxygens (including phenoxy) is 1. The highest BCUT2D eigenvalue weighted by Crippen LogP contribution is 2.26. The molecule has 1 fully saturated rings. The van der Waals surface area contributed by atoms with Gasteiger partial charge in [0.25, 0.3) is 0 Å². The van der Waals surface area contributed by atoms with Gasteiger partial charge in [0.2, 0.25) is 0 Å². The maximum absolute atomic E-state index is 8.45. The van der Waals surface area contributed by atoms with E-state index in [9.17, 15) is 0 Å². The van der Waals surface area contributed by atoms with Gasteiger partial charge in [-0.1, -0.05) is 32.1 Å². The fourth-order valence-electron chi connectivity index (χ4n) is 2.10. The zero-order valence-corrected chi connectivity index (χ0v) is 9.17. The van der Waals surface area contributed by atoms with Crippen LogP contribution >= 0.6 is 0 Å². The van der Waals surface area contributed by atoms with Gasteiger partial charge in [0, 0.05) is 6.61 Å².